The highest BCUT2D eigenvalue weighted by molar-refractivity contribution is 5.76. The fraction of sp³-hybridized carbons (Fsp3) is 0.345. The molecular formula is C29H32FN7O6. The maximum absolute atomic E-state index is 13.5. The molecule has 13 nitrogen and oxygen atoms in total. The first-order valence-electron chi connectivity index (χ1n) is 13.8. The summed E-state index contributed by atoms with van der Waals surface area (Å²) in [4.78, 5) is 54.1. The summed E-state index contributed by atoms with van der Waals surface area (Å²) in [6, 6.07) is 10.2. The van der Waals surface area contributed by atoms with Crippen LogP contribution in [0, 0.1) is 5.82 Å². The van der Waals surface area contributed by atoms with Crippen LogP contribution in [0.25, 0.3) is 17.1 Å². The van der Waals surface area contributed by atoms with E-state index < -0.39 is 22.8 Å². The first-order valence-corrected chi connectivity index (χ1v) is 13.8. The van der Waals surface area contributed by atoms with Crippen molar-refractivity contribution in [3.8, 4) is 28.6 Å². The SMILES string of the molecule is CC(C)c1cc(-c2n[nH]c(=O)n2-c2ccc(CN3CCN(C(=O)CCn4cc(F)c(=O)[nH]c4=O)CC3)cc2)c(O)cc1O. The summed E-state index contributed by atoms with van der Waals surface area (Å²) in [6.07, 6.45) is 0.810. The van der Waals surface area contributed by atoms with E-state index in [2.05, 4.69) is 15.1 Å². The molecule has 0 radical (unpaired) electrons. The van der Waals surface area contributed by atoms with Crippen LogP contribution < -0.4 is 16.9 Å². The molecule has 0 spiro atoms. The van der Waals surface area contributed by atoms with Crippen LogP contribution in [-0.2, 0) is 17.9 Å². The number of halogens is 1. The molecule has 1 aliphatic rings. The van der Waals surface area contributed by atoms with E-state index in [0.29, 0.717) is 49.5 Å². The van der Waals surface area contributed by atoms with Crippen LogP contribution >= 0.6 is 0 Å². The Hall–Kier alpha value is -4.98. The average molecular weight is 594 g/mol. The molecule has 1 amide bonds. The Kier molecular flexibility index (Phi) is 8.30. The van der Waals surface area contributed by atoms with Gasteiger partial charge in [-0.05, 0) is 35.2 Å². The minimum Gasteiger partial charge on any atom is -0.508 e. The second kappa shape index (κ2) is 12.1. The predicted octanol–water partition coefficient (Wildman–Crippen LogP) is 1.49. The Morgan fingerprint density at radius 2 is 1.70 bits per heavy atom. The zero-order chi connectivity index (χ0) is 30.8. The second-order valence-corrected chi connectivity index (χ2v) is 10.8. The molecular weight excluding hydrogens is 561 g/mol. The molecule has 43 heavy (non-hydrogen) atoms. The molecule has 0 bridgehead atoms. The van der Waals surface area contributed by atoms with Gasteiger partial charge in [-0.2, -0.15) is 9.49 Å². The van der Waals surface area contributed by atoms with Gasteiger partial charge in [0, 0.05) is 51.8 Å². The highest BCUT2D eigenvalue weighted by atomic mass is 19.1. The lowest BCUT2D eigenvalue weighted by Gasteiger charge is -2.35. The minimum atomic E-state index is -1.09. The van der Waals surface area contributed by atoms with E-state index in [1.807, 2.05) is 31.0 Å². The molecule has 4 aromatic rings. The topological polar surface area (TPSA) is 170 Å². The standard InChI is InChI=1S/C29H32FN7O6/c1-17(2)20-13-21(24(39)14-23(20)38)26-32-33-29(43)37(26)19-5-3-18(4-6-19)15-34-9-11-35(12-10-34)25(40)7-8-36-16-22(30)27(41)31-28(36)42/h3-6,13-14,16-17,38-39H,7-12,15H2,1-2H3,(H,33,43)(H,31,41,42). The number of benzene rings is 2. The number of phenols is 2. The van der Waals surface area contributed by atoms with Crippen LogP contribution in [0.1, 0.15) is 37.3 Å². The van der Waals surface area contributed by atoms with Gasteiger partial charge in [-0.1, -0.05) is 26.0 Å². The van der Waals surface area contributed by atoms with E-state index in [-0.39, 0.29) is 42.1 Å². The van der Waals surface area contributed by atoms with E-state index >= 15 is 0 Å². The fourth-order valence-corrected chi connectivity index (χ4v) is 5.14. The van der Waals surface area contributed by atoms with Gasteiger partial charge in [-0.3, -0.25) is 24.0 Å². The molecule has 1 saturated heterocycles. The van der Waals surface area contributed by atoms with Crippen molar-refractivity contribution in [2.45, 2.75) is 39.3 Å². The zero-order valence-corrected chi connectivity index (χ0v) is 23.7. The van der Waals surface area contributed by atoms with Crippen LogP contribution in [0.4, 0.5) is 4.39 Å². The number of nitrogens with one attached hydrogen (secondary N) is 2. The second-order valence-electron chi connectivity index (χ2n) is 10.8. The van der Waals surface area contributed by atoms with Crippen LogP contribution in [-0.4, -0.2) is 76.4 Å². The van der Waals surface area contributed by atoms with Crippen LogP contribution in [0.2, 0.25) is 0 Å². The summed E-state index contributed by atoms with van der Waals surface area (Å²) in [5.41, 5.74) is 0.151. The maximum Gasteiger partial charge on any atom is 0.348 e. The molecule has 2 aromatic heterocycles. The summed E-state index contributed by atoms with van der Waals surface area (Å²) in [6.45, 7) is 6.65. The third kappa shape index (κ3) is 6.28. The molecule has 5 rings (SSSR count). The molecule has 0 saturated carbocycles. The van der Waals surface area contributed by atoms with Crippen molar-refractivity contribution in [2.75, 3.05) is 26.2 Å². The lowest BCUT2D eigenvalue weighted by atomic mass is 9.98. The number of H-pyrrole nitrogens is 2. The first kappa shape index (κ1) is 29.5. The predicted molar refractivity (Wildman–Crippen MR) is 155 cm³/mol. The van der Waals surface area contributed by atoms with Crippen molar-refractivity contribution in [1.82, 2.24) is 34.1 Å². The molecule has 226 valence electrons. The van der Waals surface area contributed by atoms with Crippen molar-refractivity contribution in [3.63, 3.8) is 0 Å². The Balaban J connectivity index is 1.21. The van der Waals surface area contributed by atoms with Crippen molar-refractivity contribution in [3.05, 3.63) is 90.9 Å². The molecule has 3 heterocycles. The minimum absolute atomic E-state index is 0.00290. The molecule has 0 atom stereocenters. The van der Waals surface area contributed by atoms with Crippen molar-refractivity contribution in [2.24, 2.45) is 0 Å². The highest BCUT2D eigenvalue weighted by Crippen LogP contribution is 2.37. The number of amides is 1. The van der Waals surface area contributed by atoms with E-state index in [9.17, 15) is 33.8 Å². The molecule has 2 aromatic carbocycles. The monoisotopic (exact) mass is 593 g/mol. The number of rotatable bonds is 8. The Bertz CT molecular complexity index is 1810. The lowest BCUT2D eigenvalue weighted by molar-refractivity contribution is -0.133. The molecule has 4 N–H and O–H groups in total. The van der Waals surface area contributed by atoms with E-state index in [1.165, 1.54) is 10.6 Å². The smallest absolute Gasteiger partial charge is 0.348 e. The van der Waals surface area contributed by atoms with E-state index in [4.69, 9.17) is 0 Å². The third-order valence-corrected chi connectivity index (χ3v) is 7.54. The summed E-state index contributed by atoms with van der Waals surface area (Å²) in [5, 5.41) is 27.3. The van der Waals surface area contributed by atoms with Gasteiger partial charge in [-0.25, -0.2) is 19.3 Å². The number of aryl methyl sites for hydroxylation is 1. The largest absolute Gasteiger partial charge is 0.508 e. The Labute approximate surface area is 244 Å². The first-order chi connectivity index (χ1) is 20.5. The summed E-state index contributed by atoms with van der Waals surface area (Å²) in [7, 11) is 0. The van der Waals surface area contributed by atoms with E-state index in [1.54, 1.807) is 23.1 Å². The van der Waals surface area contributed by atoms with Crippen molar-refractivity contribution in [1.29, 1.82) is 0 Å². The number of hydrogen-bond donors (Lipinski definition) is 4. The highest BCUT2D eigenvalue weighted by Gasteiger charge is 2.22. The molecule has 14 heteroatoms. The number of phenolic OH excluding ortho intramolecular Hbond substituents is 2. The van der Waals surface area contributed by atoms with E-state index in [0.717, 1.165) is 16.3 Å². The van der Waals surface area contributed by atoms with Gasteiger partial charge < -0.3 is 15.1 Å². The van der Waals surface area contributed by atoms with Gasteiger partial charge in [0.1, 0.15) is 11.5 Å². The fourth-order valence-electron chi connectivity index (χ4n) is 5.14. The summed E-state index contributed by atoms with van der Waals surface area (Å²) >= 11 is 0. The number of aromatic nitrogens is 5. The lowest BCUT2D eigenvalue weighted by Crippen LogP contribution is -2.48. The van der Waals surface area contributed by atoms with Gasteiger partial charge in [0.05, 0.1) is 17.4 Å². The number of piperazine rings is 1. The van der Waals surface area contributed by atoms with Crippen LogP contribution in [0.15, 0.2) is 57.0 Å². The number of aromatic hydroxyl groups is 2. The van der Waals surface area contributed by atoms with Gasteiger partial charge in [0.2, 0.25) is 11.7 Å². The molecule has 1 aliphatic heterocycles. The zero-order valence-electron chi connectivity index (χ0n) is 23.7. The molecule has 1 fully saturated rings. The van der Waals surface area contributed by atoms with Crippen LogP contribution in [0.5, 0.6) is 11.5 Å². The van der Waals surface area contributed by atoms with Gasteiger partial charge in [0.15, 0.2) is 5.82 Å². The average Bonchev–Trinajstić information content (AvgIpc) is 3.35. The summed E-state index contributed by atoms with van der Waals surface area (Å²) < 4.78 is 15.8. The number of carbonyl (C=O) groups excluding carboxylic acids is 1. The number of hydrogen-bond acceptors (Lipinski definition) is 8. The number of nitrogens with zero attached hydrogens (tertiary/aromatic N) is 5. The summed E-state index contributed by atoms with van der Waals surface area (Å²) in [5.74, 6) is -1.28. The number of aromatic amines is 2. The Morgan fingerprint density at radius 1 is 1.00 bits per heavy atom. The third-order valence-electron chi connectivity index (χ3n) is 7.54. The Morgan fingerprint density at radius 3 is 2.37 bits per heavy atom. The molecule has 0 unspecified atom stereocenters. The van der Waals surface area contributed by atoms with Gasteiger partial charge >= 0.3 is 11.4 Å². The molecule has 0 aliphatic carbocycles. The van der Waals surface area contributed by atoms with Gasteiger partial charge in [-0.15, -0.1) is 0 Å². The maximum atomic E-state index is 13.5. The van der Waals surface area contributed by atoms with Crippen LogP contribution in [0.3, 0.4) is 0 Å². The van der Waals surface area contributed by atoms with Crippen molar-refractivity contribution < 1.29 is 19.4 Å². The quantitative estimate of drug-likeness (QED) is 0.238. The normalized spacial score (nSPS) is 14.0. The van der Waals surface area contributed by atoms with Crippen molar-refractivity contribution >= 4 is 5.91 Å². The number of carbonyl (C=O) groups is 1. The van der Waals surface area contributed by atoms with Gasteiger partial charge in [0.25, 0.3) is 5.56 Å².